The van der Waals surface area contributed by atoms with Gasteiger partial charge in [-0.05, 0) is 66.3 Å². The minimum atomic E-state index is -0.517. The van der Waals surface area contributed by atoms with Crippen LogP contribution >= 0.6 is 0 Å². The lowest BCUT2D eigenvalue weighted by Gasteiger charge is -2.21. The number of rotatable bonds is 12. The number of hydrogen-bond donors (Lipinski definition) is 2. The lowest BCUT2D eigenvalue weighted by atomic mass is 9.91. The van der Waals surface area contributed by atoms with E-state index < -0.39 is 17.9 Å². The van der Waals surface area contributed by atoms with E-state index in [2.05, 4.69) is 0 Å². The summed E-state index contributed by atoms with van der Waals surface area (Å²) in [6.07, 6.45) is 1.07. The van der Waals surface area contributed by atoms with Crippen molar-refractivity contribution in [2.24, 2.45) is 0 Å². The molecule has 0 aliphatic heterocycles. The van der Waals surface area contributed by atoms with Crippen molar-refractivity contribution >= 4 is 23.6 Å². The van der Waals surface area contributed by atoms with Crippen LogP contribution in [0.25, 0.3) is 0 Å². The first kappa shape index (κ1) is 36.6. The molecule has 51 heavy (non-hydrogen) atoms. The number of hydrogen-bond acceptors (Lipinski definition) is 11. The normalized spacial score (nSPS) is 12.0. The van der Waals surface area contributed by atoms with Crippen LogP contribution in [-0.4, -0.2) is 62.7 Å². The lowest BCUT2D eigenvalue weighted by molar-refractivity contribution is -0.146. The molecular formula is C40H43NO10. The van der Waals surface area contributed by atoms with E-state index in [-0.39, 0.29) is 58.2 Å². The molecule has 1 aliphatic carbocycles. The van der Waals surface area contributed by atoms with Gasteiger partial charge in [-0.2, -0.15) is 0 Å². The highest BCUT2D eigenvalue weighted by Crippen LogP contribution is 2.39. The minimum absolute atomic E-state index is 0.0552. The molecule has 0 spiro atoms. The van der Waals surface area contributed by atoms with Gasteiger partial charge < -0.3 is 39.3 Å². The Balaban J connectivity index is 1.70. The summed E-state index contributed by atoms with van der Waals surface area (Å²) in [6.45, 7) is 4.86. The fraction of sp³-hybridized carbons (Fsp3) is 0.325. The maximum Gasteiger partial charge on any atom is 0.344 e. The van der Waals surface area contributed by atoms with Gasteiger partial charge in [-0.25, -0.2) is 14.4 Å². The molecule has 4 aromatic carbocycles. The zero-order chi connectivity index (χ0) is 36.3. The standard InChI is InChI=1S/C40H43NO10/c1-4-46-34(42)22-49-38-25-10-7-11-26(38)17-28-13-9-15-30(40(28)51-24-36(44)48-6-3)19-32-21-33(41)20-31(37(32)45)18-29-14-8-12-27(16-25)39(29)50-23-35(43)47-5-2/h7-15,20-21,45H,4-6,16-19,22-24,41H2,1-3H3. The smallest absolute Gasteiger partial charge is 0.344 e. The van der Waals surface area contributed by atoms with Gasteiger partial charge in [0.05, 0.1) is 19.8 Å². The number of carbonyl (C=O) groups excluding carboxylic acids is 3. The van der Waals surface area contributed by atoms with Gasteiger partial charge in [0.1, 0.15) is 23.0 Å². The van der Waals surface area contributed by atoms with Crippen molar-refractivity contribution in [3.05, 3.63) is 111 Å². The number of phenolic OH excluding ortho intramolecular Hbond substituents is 1. The van der Waals surface area contributed by atoms with Gasteiger partial charge in [-0.1, -0.05) is 54.6 Å². The number of aromatic hydroxyl groups is 1. The van der Waals surface area contributed by atoms with Gasteiger partial charge in [-0.15, -0.1) is 0 Å². The Bertz CT molecular complexity index is 1770. The van der Waals surface area contributed by atoms with Gasteiger partial charge in [0.15, 0.2) is 19.8 Å². The summed E-state index contributed by atoms with van der Waals surface area (Å²) in [6, 6.07) is 20.4. The first-order valence-corrected chi connectivity index (χ1v) is 17.0. The van der Waals surface area contributed by atoms with Crippen LogP contribution in [0.4, 0.5) is 5.69 Å². The molecule has 0 amide bonds. The number of nitrogen functional groups attached to an aromatic ring is 1. The monoisotopic (exact) mass is 697 g/mol. The van der Waals surface area contributed by atoms with E-state index in [1.54, 1.807) is 32.9 Å². The molecule has 3 N–H and O–H groups in total. The van der Waals surface area contributed by atoms with E-state index in [9.17, 15) is 19.5 Å². The number of benzene rings is 4. The second kappa shape index (κ2) is 17.3. The summed E-state index contributed by atoms with van der Waals surface area (Å²) >= 11 is 0. The molecule has 0 radical (unpaired) electrons. The molecule has 0 heterocycles. The van der Waals surface area contributed by atoms with E-state index in [4.69, 9.17) is 34.2 Å². The number of para-hydroxylation sites is 3. The van der Waals surface area contributed by atoms with Gasteiger partial charge in [-0.3, -0.25) is 0 Å². The van der Waals surface area contributed by atoms with E-state index in [0.29, 0.717) is 58.0 Å². The minimum Gasteiger partial charge on any atom is -0.507 e. The molecule has 0 saturated carbocycles. The average Bonchev–Trinajstić information content (AvgIpc) is 3.09. The zero-order valence-electron chi connectivity index (χ0n) is 29.1. The van der Waals surface area contributed by atoms with Crippen molar-refractivity contribution in [3.63, 3.8) is 0 Å². The third kappa shape index (κ3) is 9.30. The summed E-state index contributed by atoms with van der Waals surface area (Å²) < 4.78 is 34.0. The predicted molar refractivity (Wildman–Crippen MR) is 189 cm³/mol. The maximum atomic E-state index is 12.5. The molecule has 8 bridgehead atoms. The number of fused-ring (bicyclic) bond motifs is 8. The zero-order valence-corrected chi connectivity index (χ0v) is 29.1. The molecule has 11 heteroatoms. The number of ether oxygens (including phenoxy) is 6. The van der Waals surface area contributed by atoms with Crippen molar-refractivity contribution in [2.45, 2.75) is 46.5 Å². The SMILES string of the molecule is CCOC(=O)COc1c2cccc1Cc1cccc(c1OCC(=O)OCC)Cc1cccc(c1OCC(=O)OCC)Cc1cc(N)cc(c1O)C2. The molecule has 0 saturated heterocycles. The predicted octanol–water partition coefficient (Wildman–Crippen LogP) is 5.48. The van der Waals surface area contributed by atoms with Crippen molar-refractivity contribution in [3.8, 4) is 23.0 Å². The van der Waals surface area contributed by atoms with Gasteiger partial charge in [0.2, 0.25) is 0 Å². The first-order chi connectivity index (χ1) is 24.7. The molecule has 0 fully saturated rings. The highest BCUT2D eigenvalue weighted by molar-refractivity contribution is 5.72. The molecule has 1 aliphatic rings. The average molecular weight is 698 g/mol. The van der Waals surface area contributed by atoms with Crippen LogP contribution in [0.2, 0.25) is 0 Å². The molecular weight excluding hydrogens is 654 g/mol. The number of nitrogens with two attached hydrogens (primary N) is 1. The van der Waals surface area contributed by atoms with Crippen LogP contribution in [-0.2, 0) is 54.3 Å². The van der Waals surface area contributed by atoms with E-state index in [1.165, 1.54) is 0 Å². The fourth-order valence-electron chi connectivity index (χ4n) is 6.18. The van der Waals surface area contributed by atoms with E-state index in [0.717, 1.165) is 22.3 Å². The van der Waals surface area contributed by atoms with Gasteiger partial charge in [0, 0.05) is 42.5 Å². The summed E-state index contributed by atoms with van der Waals surface area (Å²) in [5, 5.41) is 11.6. The number of esters is 3. The highest BCUT2D eigenvalue weighted by Gasteiger charge is 2.23. The second-order valence-corrected chi connectivity index (χ2v) is 11.9. The quantitative estimate of drug-likeness (QED) is 0.0738. The largest absolute Gasteiger partial charge is 0.507 e. The maximum absolute atomic E-state index is 12.5. The van der Waals surface area contributed by atoms with E-state index in [1.807, 2.05) is 54.6 Å². The number of carbonyl (C=O) groups is 3. The Kier molecular flexibility index (Phi) is 12.4. The van der Waals surface area contributed by atoms with Crippen molar-refractivity contribution < 1.29 is 47.9 Å². The Labute approximate surface area is 297 Å². The van der Waals surface area contributed by atoms with Crippen molar-refractivity contribution in [1.29, 1.82) is 0 Å². The first-order valence-electron chi connectivity index (χ1n) is 17.0. The summed E-state index contributed by atoms with van der Waals surface area (Å²) in [5.74, 6) is -0.0858. The highest BCUT2D eigenvalue weighted by atomic mass is 16.6. The topological polar surface area (TPSA) is 153 Å². The third-order valence-corrected chi connectivity index (χ3v) is 8.27. The van der Waals surface area contributed by atoms with Crippen LogP contribution in [0.3, 0.4) is 0 Å². The molecule has 268 valence electrons. The Hall–Kier alpha value is -5.71. The number of phenols is 1. The van der Waals surface area contributed by atoms with Crippen molar-refractivity contribution in [2.75, 3.05) is 45.4 Å². The molecule has 0 aromatic heterocycles. The lowest BCUT2D eigenvalue weighted by Crippen LogP contribution is -2.18. The Morgan fingerprint density at radius 2 is 0.804 bits per heavy atom. The van der Waals surface area contributed by atoms with Crippen LogP contribution in [0, 0.1) is 0 Å². The summed E-state index contributed by atoms with van der Waals surface area (Å²) in [4.78, 5) is 37.4. The molecule has 5 rings (SSSR count). The molecule has 4 aromatic rings. The number of anilines is 1. The Morgan fingerprint density at radius 3 is 1.08 bits per heavy atom. The summed E-state index contributed by atoms with van der Waals surface area (Å²) in [7, 11) is 0. The van der Waals surface area contributed by atoms with Crippen LogP contribution < -0.4 is 19.9 Å². The molecule has 0 unspecified atom stereocenters. The van der Waals surface area contributed by atoms with Gasteiger partial charge in [0.25, 0.3) is 0 Å². The van der Waals surface area contributed by atoms with E-state index >= 15 is 0 Å². The van der Waals surface area contributed by atoms with Crippen LogP contribution in [0.15, 0.2) is 66.7 Å². The van der Waals surface area contributed by atoms with Gasteiger partial charge >= 0.3 is 17.9 Å². The van der Waals surface area contributed by atoms with Crippen LogP contribution in [0.1, 0.15) is 65.3 Å². The fourth-order valence-corrected chi connectivity index (χ4v) is 6.18. The summed E-state index contributed by atoms with van der Waals surface area (Å²) in [5.41, 5.74) is 12.4. The van der Waals surface area contributed by atoms with Crippen molar-refractivity contribution in [1.82, 2.24) is 0 Å². The molecule has 0 atom stereocenters. The van der Waals surface area contributed by atoms with Crippen LogP contribution in [0.5, 0.6) is 23.0 Å². The third-order valence-electron chi connectivity index (χ3n) is 8.27. The molecule has 11 nitrogen and oxygen atoms in total. The second-order valence-electron chi connectivity index (χ2n) is 11.9. The Morgan fingerprint density at radius 1 is 0.529 bits per heavy atom.